The summed E-state index contributed by atoms with van der Waals surface area (Å²) in [6.07, 6.45) is 2.20. The SMILES string of the molecule is COc1nc(-c2ccc(C)c(C)c2)cc2cccc(NC3C=CSC3)c12. The number of aromatic nitrogens is 1. The monoisotopic (exact) mass is 362 g/mol. The van der Waals surface area contributed by atoms with E-state index in [1.807, 2.05) is 11.8 Å². The van der Waals surface area contributed by atoms with E-state index in [2.05, 4.69) is 73.1 Å². The van der Waals surface area contributed by atoms with Crippen LogP contribution in [0.5, 0.6) is 5.88 Å². The number of ether oxygens (including phenoxy) is 1. The topological polar surface area (TPSA) is 34.1 Å². The highest BCUT2D eigenvalue weighted by Gasteiger charge is 2.15. The van der Waals surface area contributed by atoms with E-state index in [4.69, 9.17) is 9.72 Å². The van der Waals surface area contributed by atoms with Gasteiger partial charge in [-0.05, 0) is 54.0 Å². The second kappa shape index (κ2) is 7.04. The van der Waals surface area contributed by atoms with Crippen LogP contribution < -0.4 is 10.1 Å². The van der Waals surface area contributed by atoms with Crippen LogP contribution in [-0.4, -0.2) is 23.9 Å². The van der Waals surface area contributed by atoms with Crippen LogP contribution >= 0.6 is 11.8 Å². The molecule has 0 spiro atoms. The molecule has 0 saturated carbocycles. The number of hydrogen-bond acceptors (Lipinski definition) is 4. The van der Waals surface area contributed by atoms with Crippen LogP contribution in [0, 0.1) is 13.8 Å². The van der Waals surface area contributed by atoms with Crippen LogP contribution in [0.3, 0.4) is 0 Å². The Bertz CT molecular complexity index is 997. The molecule has 0 aliphatic carbocycles. The number of thioether (sulfide) groups is 1. The minimum Gasteiger partial charge on any atom is -0.480 e. The van der Waals surface area contributed by atoms with Gasteiger partial charge in [0.25, 0.3) is 0 Å². The molecule has 0 fully saturated rings. The summed E-state index contributed by atoms with van der Waals surface area (Å²) in [5, 5.41) is 7.92. The molecule has 1 atom stereocenters. The Morgan fingerprint density at radius 1 is 1.12 bits per heavy atom. The van der Waals surface area contributed by atoms with Crippen LogP contribution in [0.15, 0.2) is 53.9 Å². The zero-order chi connectivity index (χ0) is 18.1. The molecule has 3 aromatic rings. The first-order valence-electron chi connectivity index (χ1n) is 8.76. The van der Waals surface area contributed by atoms with Gasteiger partial charge in [-0.3, -0.25) is 0 Å². The van der Waals surface area contributed by atoms with Crippen molar-refractivity contribution >= 4 is 28.2 Å². The zero-order valence-corrected chi connectivity index (χ0v) is 16.1. The number of nitrogens with one attached hydrogen (secondary N) is 1. The third-order valence-corrected chi connectivity index (χ3v) is 5.75. The van der Waals surface area contributed by atoms with Gasteiger partial charge in [0.15, 0.2) is 0 Å². The van der Waals surface area contributed by atoms with Gasteiger partial charge >= 0.3 is 0 Å². The maximum Gasteiger partial charge on any atom is 0.223 e. The molecular weight excluding hydrogens is 340 g/mol. The third kappa shape index (κ3) is 3.17. The Kier molecular flexibility index (Phi) is 4.60. The molecule has 1 unspecified atom stereocenters. The van der Waals surface area contributed by atoms with Gasteiger partial charge in [0.05, 0.1) is 24.2 Å². The summed E-state index contributed by atoms with van der Waals surface area (Å²) in [5.74, 6) is 1.71. The molecule has 1 aliphatic rings. The maximum atomic E-state index is 5.67. The average molecular weight is 362 g/mol. The lowest BCUT2D eigenvalue weighted by Crippen LogP contribution is -2.17. The molecule has 1 aliphatic heterocycles. The van der Waals surface area contributed by atoms with Crippen molar-refractivity contribution in [3.05, 3.63) is 65.1 Å². The summed E-state index contributed by atoms with van der Waals surface area (Å²) in [5.41, 5.74) is 5.67. The molecule has 0 radical (unpaired) electrons. The second-order valence-corrected chi connectivity index (χ2v) is 7.57. The molecule has 4 heteroatoms. The fourth-order valence-corrected chi connectivity index (χ4v) is 4.06. The molecule has 1 aromatic heterocycles. The van der Waals surface area contributed by atoms with E-state index in [9.17, 15) is 0 Å². The second-order valence-electron chi connectivity index (χ2n) is 6.63. The predicted molar refractivity (Wildman–Crippen MR) is 112 cm³/mol. The number of nitrogens with zero attached hydrogens (tertiary/aromatic N) is 1. The van der Waals surface area contributed by atoms with Crippen LogP contribution in [0.4, 0.5) is 5.69 Å². The predicted octanol–water partition coefficient (Wildman–Crippen LogP) is 5.57. The summed E-state index contributed by atoms with van der Waals surface area (Å²) < 4.78 is 5.67. The first-order chi connectivity index (χ1) is 12.7. The Balaban J connectivity index is 1.83. The van der Waals surface area contributed by atoms with Crippen molar-refractivity contribution in [2.75, 3.05) is 18.2 Å². The lowest BCUT2D eigenvalue weighted by Gasteiger charge is -2.17. The smallest absolute Gasteiger partial charge is 0.223 e. The number of anilines is 1. The van der Waals surface area contributed by atoms with E-state index in [0.717, 1.165) is 33.5 Å². The highest BCUT2D eigenvalue weighted by molar-refractivity contribution is 8.02. The number of aryl methyl sites for hydroxylation is 2. The first kappa shape index (κ1) is 17.0. The maximum absolute atomic E-state index is 5.67. The van der Waals surface area contributed by atoms with Gasteiger partial charge in [0, 0.05) is 17.0 Å². The molecule has 2 aromatic carbocycles. The summed E-state index contributed by atoms with van der Waals surface area (Å²) in [7, 11) is 1.69. The van der Waals surface area contributed by atoms with E-state index < -0.39 is 0 Å². The van der Waals surface area contributed by atoms with Crippen molar-refractivity contribution in [1.29, 1.82) is 0 Å². The van der Waals surface area contributed by atoms with Gasteiger partial charge in [-0.25, -0.2) is 4.98 Å². The lowest BCUT2D eigenvalue weighted by molar-refractivity contribution is 0.404. The fraction of sp³-hybridized carbons (Fsp3) is 0.227. The highest BCUT2D eigenvalue weighted by atomic mass is 32.2. The van der Waals surface area contributed by atoms with Crippen molar-refractivity contribution < 1.29 is 4.74 Å². The van der Waals surface area contributed by atoms with Crippen LogP contribution in [0.25, 0.3) is 22.0 Å². The molecule has 3 nitrogen and oxygen atoms in total. The highest BCUT2D eigenvalue weighted by Crippen LogP contribution is 2.35. The summed E-state index contributed by atoms with van der Waals surface area (Å²) >= 11 is 1.83. The number of pyridine rings is 1. The van der Waals surface area contributed by atoms with Crippen LogP contribution in [0.2, 0.25) is 0 Å². The number of rotatable bonds is 4. The van der Waals surface area contributed by atoms with Crippen LogP contribution in [-0.2, 0) is 0 Å². The van der Waals surface area contributed by atoms with Gasteiger partial charge < -0.3 is 10.1 Å². The lowest BCUT2D eigenvalue weighted by atomic mass is 10.0. The Hall–Kier alpha value is -2.46. The molecule has 0 saturated heterocycles. The number of fused-ring (bicyclic) bond motifs is 1. The number of methoxy groups -OCH3 is 1. The Morgan fingerprint density at radius 2 is 2.00 bits per heavy atom. The largest absolute Gasteiger partial charge is 0.480 e. The van der Waals surface area contributed by atoms with Gasteiger partial charge in [-0.2, -0.15) is 0 Å². The van der Waals surface area contributed by atoms with E-state index in [0.29, 0.717) is 11.9 Å². The fourth-order valence-electron chi connectivity index (χ4n) is 3.25. The molecule has 26 heavy (non-hydrogen) atoms. The standard InChI is InChI=1S/C22H22N2OS/c1-14-7-8-16(11-15(14)2)20-12-17-5-4-6-19(21(17)22(24-20)25-3)23-18-9-10-26-13-18/h4-12,18,23H,13H2,1-3H3. The molecule has 1 N–H and O–H groups in total. The average Bonchev–Trinajstić information content (AvgIpc) is 3.16. The van der Waals surface area contributed by atoms with E-state index in [1.165, 1.54) is 11.1 Å². The zero-order valence-electron chi connectivity index (χ0n) is 15.2. The van der Waals surface area contributed by atoms with Gasteiger partial charge in [-0.15, -0.1) is 11.8 Å². The first-order valence-corrected chi connectivity index (χ1v) is 9.81. The van der Waals surface area contributed by atoms with Gasteiger partial charge in [0.1, 0.15) is 0 Å². The van der Waals surface area contributed by atoms with E-state index in [1.54, 1.807) is 7.11 Å². The van der Waals surface area contributed by atoms with Crippen molar-refractivity contribution in [3.63, 3.8) is 0 Å². The van der Waals surface area contributed by atoms with Crippen molar-refractivity contribution in [3.8, 4) is 17.1 Å². The van der Waals surface area contributed by atoms with Gasteiger partial charge in [0.2, 0.25) is 5.88 Å². The van der Waals surface area contributed by atoms with Crippen molar-refractivity contribution in [1.82, 2.24) is 4.98 Å². The molecule has 2 heterocycles. The Morgan fingerprint density at radius 3 is 2.73 bits per heavy atom. The molecule has 4 rings (SSSR count). The normalized spacial score (nSPS) is 16.2. The van der Waals surface area contributed by atoms with Crippen molar-refractivity contribution in [2.45, 2.75) is 19.9 Å². The third-order valence-electron chi connectivity index (χ3n) is 4.84. The molecule has 0 bridgehead atoms. The minimum atomic E-state index is 0.342. The summed E-state index contributed by atoms with van der Waals surface area (Å²) in [4.78, 5) is 4.81. The number of hydrogen-bond donors (Lipinski definition) is 1. The van der Waals surface area contributed by atoms with Gasteiger partial charge in [-0.1, -0.05) is 30.3 Å². The Labute approximate surface area is 158 Å². The van der Waals surface area contributed by atoms with Crippen molar-refractivity contribution in [2.24, 2.45) is 0 Å². The van der Waals surface area contributed by atoms with E-state index >= 15 is 0 Å². The molecule has 0 amide bonds. The minimum absolute atomic E-state index is 0.342. The van der Waals surface area contributed by atoms with Crippen LogP contribution in [0.1, 0.15) is 11.1 Å². The molecule has 132 valence electrons. The molecular formula is C22H22N2OS. The number of benzene rings is 2. The van der Waals surface area contributed by atoms with E-state index in [-0.39, 0.29) is 0 Å². The summed E-state index contributed by atoms with van der Waals surface area (Å²) in [6.45, 7) is 4.26. The quantitative estimate of drug-likeness (QED) is 0.658. The summed E-state index contributed by atoms with van der Waals surface area (Å²) in [6, 6.07) is 15.2.